The van der Waals surface area contributed by atoms with Crippen LogP contribution in [0, 0.1) is 18.8 Å². The monoisotopic (exact) mass is 303 g/mol. The van der Waals surface area contributed by atoms with Crippen molar-refractivity contribution in [1.82, 2.24) is 9.97 Å². The molecular weight excluding hydrogens is 290 g/mol. The first-order chi connectivity index (χ1) is 10.0. The summed E-state index contributed by atoms with van der Waals surface area (Å²) in [7, 11) is -3.75. The van der Waals surface area contributed by atoms with E-state index in [1.807, 2.05) is 0 Å². The lowest BCUT2D eigenvalue weighted by atomic mass is 10.1. The number of hydrogen-bond donors (Lipinski definition) is 2. The van der Waals surface area contributed by atoms with Crippen LogP contribution >= 0.6 is 0 Å². The molecule has 0 aliphatic rings. The number of rotatable bonds is 3. The number of nitrogens with zero attached hydrogens (tertiary/aromatic N) is 2. The summed E-state index contributed by atoms with van der Waals surface area (Å²) in [6.07, 6.45) is 4.05. The SMILES string of the molecule is Cc1ccc(C#CCO)cc1S(=O)(=O)Nc1cncnc1. The summed E-state index contributed by atoms with van der Waals surface area (Å²) in [6.45, 7) is 1.41. The summed E-state index contributed by atoms with van der Waals surface area (Å²) in [6, 6.07) is 4.82. The van der Waals surface area contributed by atoms with Gasteiger partial charge >= 0.3 is 0 Å². The van der Waals surface area contributed by atoms with E-state index in [1.165, 1.54) is 24.8 Å². The highest BCUT2D eigenvalue weighted by Crippen LogP contribution is 2.19. The fraction of sp³-hybridized carbons (Fsp3) is 0.143. The number of aliphatic hydroxyl groups excluding tert-OH is 1. The highest BCUT2D eigenvalue weighted by atomic mass is 32.2. The Hall–Kier alpha value is -2.43. The van der Waals surface area contributed by atoms with E-state index in [0.29, 0.717) is 11.1 Å². The fourth-order valence-corrected chi connectivity index (χ4v) is 2.97. The first-order valence-corrected chi connectivity index (χ1v) is 7.49. The van der Waals surface area contributed by atoms with Crippen molar-refractivity contribution in [2.45, 2.75) is 11.8 Å². The summed E-state index contributed by atoms with van der Waals surface area (Å²) in [5.74, 6) is 5.16. The zero-order valence-electron chi connectivity index (χ0n) is 11.2. The van der Waals surface area contributed by atoms with Crippen LogP contribution in [0.4, 0.5) is 5.69 Å². The maximum absolute atomic E-state index is 12.4. The zero-order valence-corrected chi connectivity index (χ0v) is 12.1. The van der Waals surface area contributed by atoms with Crippen molar-refractivity contribution in [3.8, 4) is 11.8 Å². The molecular formula is C14H13N3O3S. The van der Waals surface area contributed by atoms with E-state index in [0.717, 1.165) is 0 Å². The third-order valence-corrected chi connectivity index (χ3v) is 4.13. The maximum atomic E-state index is 12.4. The summed E-state index contributed by atoms with van der Waals surface area (Å²) < 4.78 is 27.2. The van der Waals surface area contributed by atoms with Gasteiger partial charge in [0, 0.05) is 5.56 Å². The first-order valence-electron chi connectivity index (χ1n) is 6.01. The quantitative estimate of drug-likeness (QED) is 0.823. The van der Waals surface area contributed by atoms with Gasteiger partial charge in [0.15, 0.2) is 0 Å². The van der Waals surface area contributed by atoms with Crippen molar-refractivity contribution in [3.63, 3.8) is 0 Å². The topological polar surface area (TPSA) is 92.2 Å². The van der Waals surface area contributed by atoms with Crippen LogP contribution in [-0.2, 0) is 10.0 Å². The highest BCUT2D eigenvalue weighted by molar-refractivity contribution is 7.92. The van der Waals surface area contributed by atoms with Gasteiger partial charge in [0.05, 0.1) is 23.0 Å². The standard InChI is InChI=1S/C14H13N3O3S/c1-11-4-5-12(3-2-6-18)7-14(11)21(19,20)17-13-8-15-10-16-9-13/h4-5,7-10,17-18H,6H2,1H3. The van der Waals surface area contributed by atoms with Gasteiger partial charge in [-0.2, -0.15) is 0 Å². The van der Waals surface area contributed by atoms with Crippen LogP contribution in [-0.4, -0.2) is 30.1 Å². The Morgan fingerprint density at radius 3 is 2.67 bits per heavy atom. The lowest BCUT2D eigenvalue weighted by molar-refractivity contribution is 0.350. The van der Waals surface area contributed by atoms with Crippen LogP contribution in [0.1, 0.15) is 11.1 Å². The molecule has 0 atom stereocenters. The summed E-state index contributed by atoms with van der Waals surface area (Å²) >= 11 is 0. The Morgan fingerprint density at radius 2 is 2.00 bits per heavy atom. The fourth-order valence-electron chi connectivity index (χ4n) is 1.67. The third-order valence-electron chi connectivity index (χ3n) is 2.60. The molecule has 0 unspecified atom stereocenters. The number of hydrogen-bond acceptors (Lipinski definition) is 5. The van der Waals surface area contributed by atoms with Crippen LogP contribution in [0.25, 0.3) is 0 Å². The van der Waals surface area contributed by atoms with Gasteiger partial charge in [-0.25, -0.2) is 18.4 Å². The van der Waals surface area contributed by atoms with Crippen LogP contribution < -0.4 is 4.72 Å². The number of aliphatic hydroxyl groups is 1. The van der Waals surface area contributed by atoms with Crippen LogP contribution in [0.15, 0.2) is 41.8 Å². The van der Waals surface area contributed by atoms with Crippen LogP contribution in [0.2, 0.25) is 0 Å². The summed E-state index contributed by atoms with van der Waals surface area (Å²) in [4.78, 5) is 7.63. The Balaban J connectivity index is 2.39. The molecule has 0 aliphatic heterocycles. The van der Waals surface area contributed by atoms with E-state index in [-0.39, 0.29) is 17.2 Å². The third kappa shape index (κ3) is 3.78. The minimum atomic E-state index is -3.75. The van der Waals surface area contributed by atoms with Gasteiger partial charge in [0.1, 0.15) is 12.9 Å². The molecule has 2 rings (SSSR count). The van der Waals surface area contributed by atoms with Gasteiger partial charge in [-0.15, -0.1) is 0 Å². The van der Waals surface area contributed by atoms with Crippen LogP contribution in [0.3, 0.4) is 0 Å². The van der Waals surface area contributed by atoms with Crippen molar-refractivity contribution < 1.29 is 13.5 Å². The molecule has 0 saturated heterocycles. The van der Waals surface area contributed by atoms with Crippen molar-refractivity contribution in [1.29, 1.82) is 0 Å². The summed E-state index contributed by atoms with van der Waals surface area (Å²) in [5, 5.41) is 8.69. The van der Waals surface area contributed by atoms with E-state index in [4.69, 9.17) is 5.11 Å². The molecule has 0 saturated carbocycles. The molecule has 7 heteroatoms. The number of aryl methyl sites for hydroxylation is 1. The maximum Gasteiger partial charge on any atom is 0.262 e. The van der Waals surface area contributed by atoms with E-state index < -0.39 is 10.0 Å². The predicted molar refractivity (Wildman–Crippen MR) is 78.0 cm³/mol. The van der Waals surface area contributed by atoms with Crippen molar-refractivity contribution >= 4 is 15.7 Å². The number of nitrogens with one attached hydrogen (secondary N) is 1. The normalized spacial score (nSPS) is 10.6. The molecule has 0 aliphatic carbocycles. The Morgan fingerprint density at radius 1 is 1.29 bits per heavy atom. The molecule has 0 spiro atoms. The zero-order chi connectivity index (χ0) is 15.3. The molecule has 0 amide bonds. The van der Waals surface area contributed by atoms with E-state index in [1.54, 1.807) is 19.1 Å². The van der Waals surface area contributed by atoms with Gasteiger partial charge in [-0.3, -0.25) is 4.72 Å². The van der Waals surface area contributed by atoms with E-state index in [9.17, 15) is 8.42 Å². The lowest BCUT2D eigenvalue weighted by Crippen LogP contribution is -2.14. The minimum Gasteiger partial charge on any atom is -0.384 e. The molecule has 1 aromatic carbocycles. The lowest BCUT2D eigenvalue weighted by Gasteiger charge is -2.10. The largest absolute Gasteiger partial charge is 0.384 e. The van der Waals surface area contributed by atoms with Gasteiger partial charge in [0.2, 0.25) is 0 Å². The second kappa shape index (κ2) is 6.35. The Labute approximate surface area is 122 Å². The molecule has 108 valence electrons. The predicted octanol–water partition coefficient (Wildman–Crippen LogP) is 0.930. The van der Waals surface area contributed by atoms with Crippen LogP contribution in [0.5, 0.6) is 0 Å². The molecule has 2 N–H and O–H groups in total. The second-order valence-corrected chi connectivity index (χ2v) is 5.82. The second-order valence-electron chi connectivity index (χ2n) is 4.17. The van der Waals surface area contributed by atoms with E-state index >= 15 is 0 Å². The van der Waals surface area contributed by atoms with Crippen molar-refractivity contribution in [3.05, 3.63) is 48.0 Å². The van der Waals surface area contributed by atoms with Gasteiger partial charge in [0.25, 0.3) is 10.0 Å². The molecule has 1 aromatic heterocycles. The number of aromatic nitrogens is 2. The molecule has 2 aromatic rings. The average Bonchev–Trinajstić information content (AvgIpc) is 2.47. The molecule has 1 heterocycles. The number of anilines is 1. The molecule has 0 radical (unpaired) electrons. The van der Waals surface area contributed by atoms with Gasteiger partial charge in [-0.05, 0) is 24.6 Å². The Bertz CT molecular complexity index is 793. The number of sulfonamides is 1. The number of benzene rings is 1. The van der Waals surface area contributed by atoms with Gasteiger partial charge in [-0.1, -0.05) is 17.9 Å². The van der Waals surface area contributed by atoms with Crippen molar-refractivity contribution in [2.75, 3.05) is 11.3 Å². The summed E-state index contributed by atoms with van der Waals surface area (Å²) in [5.41, 5.74) is 1.39. The molecule has 0 bridgehead atoms. The molecule has 0 fully saturated rings. The highest BCUT2D eigenvalue weighted by Gasteiger charge is 2.17. The first kappa shape index (κ1) is 15.0. The smallest absolute Gasteiger partial charge is 0.262 e. The van der Waals surface area contributed by atoms with E-state index in [2.05, 4.69) is 26.5 Å². The molecule has 6 nitrogen and oxygen atoms in total. The Kier molecular flexibility index (Phi) is 4.52. The van der Waals surface area contributed by atoms with Crippen molar-refractivity contribution in [2.24, 2.45) is 0 Å². The van der Waals surface area contributed by atoms with Gasteiger partial charge < -0.3 is 5.11 Å². The average molecular weight is 303 g/mol. The molecule has 21 heavy (non-hydrogen) atoms. The minimum absolute atomic E-state index is 0.121.